The van der Waals surface area contributed by atoms with Gasteiger partial charge >= 0.3 is 6.03 Å². The second kappa shape index (κ2) is 14.2. The highest BCUT2D eigenvalue weighted by Crippen LogP contribution is 2.47. The average molecular weight is 532 g/mol. The van der Waals surface area contributed by atoms with Crippen molar-refractivity contribution in [1.82, 2.24) is 15.5 Å². The van der Waals surface area contributed by atoms with Crippen molar-refractivity contribution < 1.29 is 14.6 Å². The fraction of sp³-hybridized carbons (Fsp3) is 0.767. The minimum Gasteiger partial charge on any atom is -0.388 e. The third-order valence-corrected chi connectivity index (χ3v) is 10.4. The Morgan fingerprint density at radius 3 is 2.76 bits per heavy atom. The van der Waals surface area contributed by atoms with Crippen LogP contribution in [0.2, 0.25) is 0 Å². The minimum atomic E-state index is -0.803. The summed E-state index contributed by atoms with van der Waals surface area (Å²) in [6, 6.07) is 8.77. The summed E-state index contributed by atoms with van der Waals surface area (Å²) in [6.45, 7) is 2.94. The van der Waals surface area contributed by atoms with E-state index < -0.39 is 5.60 Å². The molecule has 1 aromatic rings. The highest BCUT2D eigenvalue weighted by atomic mass is 32.2. The standard InChI is InChI=1S/C30H49N3O3S/c1-31-21-26(19-23-11-4-3-5-12-23)32-29(34)33-17-10-14-25(22-33)30(35,16-8-9-18-36-2)28-20-24-13-6-7-15-27(24)37-28/h6-7,13,15,23,25-26,28,31,35H,3-5,8-12,14,16-22H2,1-2H3,(H,32,34)/t25-,26+,28?,30+/m1/s1. The molecule has 1 saturated heterocycles. The molecule has 0 radical (unpaired) electrons. The molecule has 4 rings (SSSR count). The van der Waals surface area contributed by atoms with Crippen molar-refractivity contribution >= 4 is 17.8 Å². The first-order valence-corrected chi connectivity index (χ1v) is 15.6. The first-order chi connectivity index (χ1) is 18.0. The topological polar surface area (TPSA) is 73.8 Å². The van der Waals surface area contributed by atoms with Crippen molar-refractivity contribution in [1.29, 1.82) is 0 Å². The first kappa shape index (κ1) is 28.7. The van der Waals surface area contributed by atoms with Crippen LogP contribution in [0, 0.1) is 11.8 Å². The Bertz CT molecular complexity index is 824. The predicted octanol–water partition coefficient (Wildman–Crippen LogP) is 5.23. The number of carbonyl (C=O) groups excluding carboxylic acids is 1. The number of ether oxygens (including phenoxy) is 1. The van der Waals surface area contributed by atoms with Crippen LogP contribution in [0.1, 0.15) is 76.2 Å². The number of nitrogens with one attached hydrogen (secondary N) is 2. The largest absolute Gasteiger partial charge is 0.388 e. The number of hydrogen-bond donors (Lipinski definition) is 3. The zero-order valence-electron chi connectivity index (χ0n) is 23.1. The molecule has 1 unspecified atom stereocenters. The predicted molar refractivity (Wildman–Crippen MR) is 152 cm³/mol. The summed E-state index contributed by atoms with van der Waals surface area (Å²) < 4.78 is 5.28. The highest BCUT2D eigenvalue weighted by Gasteiger charge is 2.47. The molecule has 2 fully saturated rings. The molecule has 7 heteroatoms. The molecule has 1 aromatic carbocycles. The van der Waals surface area contributed by atoms with Gasteiger partial charge in [0.2, 0.25) is 0 Å². The second-order valence-electron chi connectivity index (χ2n) is 11.6. The monoisotopic (exact) mass is 531 g/mol. The maximum absolute atomic E-state index is 13.5. The van der Waals surface area contributed by atoms with Gasteiger partial charge in [-0.05, 0) is 69.5 Å². The van der Waals surface area contributed by atoms with E-state index in [0.717, 1.165) is 70.6 Å². The van der Waals surface area contributed by atoms with Gasteiger partial charge in [-0.2, -0.15) is 0 Å². The third-order valence-electron chi connectivity index (χ3n) is 8.92. The molecule has 3 N–H and O–H groups in total. The van der Waals surface area contributed by atoms with Crippen molar-refractivity contribution in [3.05, 3.63) is 29.8 Å². The Hall–Kier alpha value is -1.28. The van der Waals surface area contributed by atoms with Crippen LogP contribution in [0.4, 0.5) is 4.79 Å². The van der Waals surface area contributed by atoms with Crippen LogP contribution in [0.15, 0.2) is 29.2 Å². The smallest absolute Gasteiger partial charge is 0.317 e. The van der Waals surface area contributed by atoms with Crippen molar-refractivity contribution in [2.24, 2.45) is 11.8 Å². The first-order valence-electron chi connectivity index (χ1n) is 14.7. The van der Waals surface area contributed by atoms with Crippen LogP contribution in [0.3, 0.4) is 0 Å². The number of fused-ring (bicyclic) bond motifs is 1. The van der Waals surface area contributed by atoms with Crippen molar-refractivity contribution in [3.8, 4) is 0 Å². The summed E-state index contributed by atoms with van der Waals surface area (Å²) >= 11 is 1.84. The van der Waals surface area contributed by atoms with E-state index in [2.05, 4.69) is 34.9 Å². The molecule has 1 aliphatic carbocycles. The van der Waals surface area contributed by atoms with Gasteiger partial charge in [-0.3, -0.25) is 0 Å². The molecule has 0 aromatic heterocycles. The fourth-order valence-electron chi connectivity index (χ4n) is 6.84. The number of nitrogens with zero attached hydrogens (tertiary/aromatic N) is 1. The second-order valence-corrected chi connectivity index (χ2v) is 12.8. The maximum atomic E-state index is 13.5. The van der Waals surface area contributed by atoms with E-state index in [1.807, 2.05) is 23.7 Å². The van der Waals surface area contributed by atoms with E-state index in [-0.39, 0.29) is 23.2 Å². The van der Waals surface area contributed by atoms with E-state index in [1.165, 1.54) is 42.6 Å². The number of rotatable bonds is 12. The SMILES string of the molecule is CNC[C@H](CC1CCCCC1)NC(=O)N1CCC[C@@H]([C@@](O)(CCCCOC)C2Cc3ccccc3S2)C1. The summed E-state index contributed by atoms with van der Waals surface area (Å²) in [5.41, 5.74) is 0.541. The Morgan fingerprint density at radius 1 is 1.19 bits per heavy atom. The van der Waals surface area contributed by atoms with E-state index in [9.17, 15) is 9.90 Å². The van der Waals surface area contributed by atoms with Crippen LogP contribution in [-0.2, 0) is 11.2 Å². The van der Waals surface area contributed by atoms with Gasteiger partial charge in [0.05, 0.1) is 5.60 Å². The molecule has 0 bridgehead atoms. The molecule has 2 aliphatic heterocycles. The Kier molecular flexibility index (Phi) is 11.0. The number of thioether (sulfide) groups is 1. The van der Waals surface area contributed by atoms with Crippen LogP contribution < -0.4 is 10.6 Å². The van der Waals surface area contributed by atoms with E-state index >= 15 is 0 Å². The van der Waals surface area contributed by atoms with Gasteiger partial charge in [0.1, 0.15) is 0 Å². The summed E-state index contributed by atoms with van der Waals surface area (Å²) in [5.74, 6) is 0.808. The quantitative estimate of drug-likeness (QED) is 0.322. The van der Waals surface area contributed by atoms with Gasteiger partial charge in [-0.25, -0.2) is 4.79 Å². The summed E-state index contributed by atoms with van der Waals surface area (Å²) in [6.07, 6.45) is 13.1. The Labute approximate surface area is 228 Å². The number of piperidine rings is 1. The molecule has 1 saturated carbocycles. The average Bonchev–Trinajstić information content (AvgIpc) is 3.37. The lowest BCUT2D eigenvalue weighted by molar-refractivity contribution is -0.0510. The number of urea groups is 1. The molecular weight excluding hydrogens is 482 g/mol. The van der Waals surface area contributed by atoms with E-state index in [0.29, 0.717) is 6.54 Å². The summed E-state index contributed by atoms with van der Waals surface area (Å²) in [4.78, 5) is 16.8. The summed E-state index contributed by atoms with van der Waals surface area (Å²) in [5, 5.41) is 19.2. The number of unbranched alkanes of at least 4 members (excludes halogenated alkanes) is 1. The Balaban J connectivity index is 1.41. The van der Waals surface area contributed by atoms with E-state index in [4.69, 9.17) is 4.74 Å². The molecule has 0 spiro atoms. The number of carbonyl (C=O) groups is 1. The number of likely N-dealkylation sites (N-methyl/N-ethyl adjacent to an activating group) is 1. The number of likely N-dealkylation sites (tertiary alicyclic amines) is 1. The number of benzene rings is 1. The lowest BCUT2D eigenvalue weighted by Gasteiger charge is -2.45. The fourth-order valence-corrected chi connectivity index (χ4v) is 8.39. The molecule has 2 amide bonds. The number of methoxy groups -OCH3 is 1. The Morgan fingerprint density at radius 2 is 2.00 bits per heavy atom. The number of hydrogen-bond acceptors (Lipinski definition) is 5. The van der Waals surface area contributed by atoms with Crippen LogP contribution in [0.25, 0.3) is 0 Å². The third kappa shape index (κ3) is 7.65. The van der Waals surface area contributed by atoms with Gasteiger partial charge in [0, 0.05) is 55.5 Å². The molecule has 37 heavy (non-hydrogen) atoms. The maximum Gasteiger partial charge on any atom is 0.317 e. The van der Waals surface area contributed by atoms with Gasteiger partial charge < -0.3 is 25.4 Å². The normalized spacial score (nSPS) is 24.9. The van der Waals surface area contributed by atoms with Crippen LogP contribution in [-0.4, -0.2) is 73.3 Å². The molecular formula is C30H49N3O3S. The van der Waals surface area contributed by atoms with Crippen molar-refractivity contribution in [3.63, 3.8) is 0 Å². The van der Waals surface area contributed by atoms with Gasteiger partial charge in [-0.1, -0.05) is 50.3 Å². The highest BCUT2D eigenvalue weighted by molar-refractivity contribution is 8.00. The molecule has 6 nitrogen and oxygen atoms in total. The van der Waals surface area contributed by atoms with Crippen LogP contribution in [0.5, 0.6) is 0 Å². The van der Waals surface area contributed by atoms with Crippen molar-refractivity contribution in [2.45, 2.75) is 98.8 Å². The molecule has 3 aliphatic rings. The summed E-state index contributed by atoms with van der Waals surface area (Å²) in [7, 11) is 3.71. The van der Waals surface area contributed by atoms with Gasteiger partial charge in [0.15, 0.2) is 0 Å². The molecule has 4 atom stereocenters. The lowest BCUT2D eigenvalue weighted by atomic mass is 9.75. The minimum absolute atomic E-state index is 0.0462. The van der Waals surface area contributed by atoms with E-state index in [1.54, 1.807) is 7.11 Å². The number of amides is 2. The van der Waals surface area contributed by atoms with Gasteiger partial charge in [-0.15, -0.1) is 11.8 Å². The zero-order valence-corrected chi connectivity index (χ0v) is 23.9. The molecule has 208 valence electrons. The van der Waals surface area contributed by atoms with Crippen LogP contribution >= 0.6 is 11.8 Å². The van der Waals surface area contributed by atoms with Crippen molar-refractivity contribution in [2.75, 3.05) is 40.4 Å². The number of aliphatic hydroxyl groups is 1. The lowest BCUT2D eigenvalue weighted by Crippen LogP contribution is -2.57. The zero-order chi connectivity index (χ0) is 26.1. The molecule has 2 heterocycles. The van der Waals surface area contributed by atoms with Gasteiger partial charge in [0.25, 0.3) is 0 Å².